The summed E-state index contributed by atoms with van der Waals surface area (Å²) in [7, 11) is 0.583. The molecule has 3 atom stereocenters. The molecule has 3 unspecified atom stereocenters. The van der Waals surface area contributed by atoms with Crippen molar-refractivity contribution < 1.29 is 9.59 Å². The van der Waals surface area contributed by atoms with E-state index >= 15 is 0 Å². The van der Waals surface area contributed by atoms with Gasteiger partial charge in [0.2, 0.25) is 0 Å². The van der Waals surface area contributed by atoms with Crippen LogP contribution in [0.1, 0.15) is 53.0 Å². The molecule has 0 saturated carbocycles. The maximum atomic E-state index is 13.3. The lowest BCUT2D eigenvalue weighted by molar-refractivity contribution is 0.0791. The van der Waals surface area contributed by atoms with E-state index in [0.29, 0.717) is 24.7 Å². The number of nitrogens with zero attached hydrogens (tertiary/aromatic N) is 2. The number of likely N-dealkylation sites (tertiary alicyclic amines) is 1. The predicted octanol–water partition coefficient (Wildman–Crippen LogP) is 4.36. The highest BCUT2D eigenvalue weighted by Gasteiger charge is 2.37. The van der Waals surface area contributed by atoms with E-state index in [0.717, 1.165) is 43.0 Å². The molecule has 0 spiro atoms. The van der Waals surface area contributed by atoms with Crippen LogP contribution in [0.2, 0.25) is 0 Å². The number of aryl methyl sites for hydroxylation is 1. The van der Waals surface area contributed by atoms with Gasteiger partial charge in [0.05, 0.1) is 6.04 Å². The molecular weight excluding hydrogens is 467 g/mol. The van der Waals surface area contributed by atoms with E-state index in [1.165, 1.54) is 0 Å². The van der Waals surface area contributed by atoms with Gasteiger partial charge in [-0.3, -0.25) is 14.6 Å². The number of halogens is 1. The van der Waals surface area contributed by atoms with Gasteiger partial charge in [-0.05, 0) is 68.4 Å². The molecule has 4 rings (SSSR count). The molecule has 0 bridgehead atoms. The number of hydrogen-bond donors (Lipinski definition) is 2. The standard InChI is InChI=1S/C26H32ClN4O2P/c1-16-15-17(7-10-19(16)25(33)31-13-5-6-14-31)24(32)30-22(26(2,3)34-4)23-28-20-11-8-18(27)9-12-21(20)29-23/h7-12,15,20,22,34H,5-6,13-14H2,1-4H3,(H,28,29)(H,30,32). The van der Waals surface area contributed by atoms with Gasteiger partial charge in [-0.2, -0.15) is 0 Å². The Bertz CT molecular complexity index is 1120. The van der Waals surface area contributed by atoms with Crippen molar-refractivity contribution in [3.8, 4) is 0 Å². The molecule has 180 valence electrons. The van der Waals surface area contributed by atoms with Gasteiger partial charge < -0.3 is 15.5 Å². The molecule has 1 fully saturated rings. The predicted molar refractivity (Wildman–Crippen MR) is 141 cm³/mol. The zero-order chi connectivity index (χ0) is 24.5. The van der Waals surface area contributed by atoms with Crippen LogP contribution in [0.25, 0.3) is 0 Å². The van der Waals surface area contributed by atoms with E-state index < -0.39 is 0 Å². The molecule has 1 aliphatic carbocycles. The molecule has 2 heterocycles. The van der Waals surface area contributed by atoms with Crippen LogP contribution in [-0.4, -0.2) is 59.5 Å². The van der Waals surface area contributed by atoms with Crippen molar-refractivity contribution in [2.45, 2.75) is 50.9 Å². The number of benzene rings is 1. The highest BCUT2D eigenvalue weighted by molar-refractivity contribution is 7.39. The maximum absolute atomic E-state index is 13.3. The van der Waals surface area contributed by atoms with E-state index in [1.807, 2.05) is 42.2 Å². The fraction of sp³-hybridized carbons (Fsp3) is 0.423. The van der Waals surface area contributed by atoms with Crippen LogP contribution in [0, 0.1) is 6.92 Å². The molecular formula is C26H32ClN4O2P. The fourth-order valence-electron chi connectivity index (χ4n) is 4.40. The van der Waals surface area contributed by atoms with Crippen LogP contribution in [0.4, 0.5) is 0 Å². The summed E-state index contributed by atoms with van der Waals surface area (Å²) < 4.78 is 0. The first-order valence-electron chi connectivity index (χ1n) is 11.7. The van der Waals surface area contributed by atoms with E-state index in [1.54, 1.807) is 12.1 Å². The SMILES string of the molecule is CPC(C)(C)C(NC(=O)c1ccc(C(=O)N2CCCC2)c(C)c1)C1=NC2C=CC(Cl)=CC=C2N1. The lowest BCUT2D eigenvalue weighted by Crippen LogP contribution is -2.54. The first-order valence-corrected chi connectivity index (χ1v) is 13.6. The van der Waals surface area contributed by atoms with Gasteiger partial charge in [-0.1, -0.05) is 31.5 Å². The summed E-state index contributed by atoms with van der Waals surface area (Å²) in [5, 5.41) is 7.08. The summed E-state index contributed by atoms with van der Waals surface area (Å²) in [6.07, 6.45) is 9.68. The molecule has 1 aromatic rings. The van der Waals surface area contributed by atoms with E-state index in [9.17, 15) is 9.59 Å². The van der Waals surface area contributed by atoms with Crippen LogP contribution in [0.5, 0.6) is 0 Å². The Morgan fingerprint density at radius 2 is 2.00 bits per heavy atom. The molecule has 0 radical (unpaired) electrons. The fourth-order valence-corrected chi connectivity index (χ4v) is 5.03. The zero-order valence-electron chi connectivity index (χ0n) is 20.1. The summed E-state index contributed by atoms with van der Waals surface area (Å²) in [5.74, 6) is 0.618. The summed E-state index contributed by atoms with van der Waals surface area (Å²) in [6.45, 7) is 9.91. The number of hydrogen-bond acceptors (Lipinski definition) is 4. The Labute approximate surface area is 208 Å². The van der Waals surface area contributed by atoms with E-state index in [2.05, 4.69) is 31.1 Å². The third-order valence-electron chi connectivity index (χ3n) is 6.76. The second-order valence-electron chi connectivity index (χ2n) is 9.52. The van der Waals surface area contributed by atoms with Crippen molar-refractivity contribution in [2.24, 2.45) is 4.99 Å². The average molecular weight is 499 g/mol. The van der Waals surface area contributed by atoms with E-state index in [-0.39, 0.29) is 29.1 Å². The molecule has 34 heavy (non-hydrogen) atoms. The Morgan fingerprint density at radius 3 is 2.68 bits per heavy atom. The Balaban J connectivity index is 1.55. The Kier molecular flexibility index (Phi) is 7.30. The topological polar surface area (TPSA) is 73.8 Å². The molecule has 2 aliphatic heterocycles. The molecule has 0 aromatic heterocycles. The molecule has 2 N–H and O–H groups in total. The number of allylic oxidation sites excluding steroid dienone is 4. The van der Waals surface area contributed by atoms with Crippen molar-refractivity contribution in [2.75, 3.05) is 19.8 Å². The third kappa shape index (κ3) is 5.13. The lowest BCUT2D eigenvalue weighted by atomic mass is 9.99. The van der Waals surface area contributed by atoms with Gasteiger partial charge in [-0.15, -0.1) is 8.58 Å². The average Bonchev–Trinajstić information content (AvgIpc) is 3.46. The monoisotopic (exact) mass is 498 g/mol. The molecule has 2 amide bonds. The van der Waals surface area contributed by atoms with Crippen molar-refractivity contribution in [1.82, 2.24) is 15.5 Å². The molecule has 6 nitrogen and oxygen atoms in total. The van der Waals surface area contributed by atoms with Crippen LogP contribution >= 0.6 is 20.2 Å². The summed E-state index contributed by atoms with van der Waals surface area (Å²) in [6, 6.07) is 4.89. The summed E-state index contributed by atoms with van der Waals surface area (Å²) >= 11 is 6.12. The number of amides is 2. The van der Waals surface area contributed by atoms with Crippen molar-refractivity contribution >= 4 is 37.8 Å². The molecule has 1 saturated heterocycles. The van der Waals surface area contributed by atoms with Crippen molar-refractivity contribution in [3.63, 3.8) is 0 Å². The largest absolute Gasteiger partial charge is 0.344 e. The summed E-state index contributed by atoms with van der Waals surface area (Å²) in [5.41, 5.74) is 2.96. The lowest BCUT2D eigenvalue weighted by Gasteiger charge is -2.34. The number of aliphatic imine (C=N–C) groups is 1. The minimum atomic E-state index is -0.296. The summed E-state index contributed by atoms with van der Waals surface area (Å²) in [4.78, 5) is 32.9. The minimum Gasteiger partial charge on any atom is -0.344 e. The number of carbonyl (C=O) groups excluding carboxylic acids is 2. The smallest absolute Gasteiger partial charge is 0.254 e. The minimum absolute atomic E-state index is 0.0478. The van der Waals surface area contributed by atoms with Crippen molar-refractivity contribution in [1.29, 1.82) is 0 Å². The van der Waals surface area contributed by atoms with Gasteiger partial charge in [0.15, 0.2) is 0 Å². The van der Waals surface area contributed by atoms with Gasteiger partial charge in [0, 0.05) is 40.1 Å². The van der Waals surface area contributed by atoms with Crippen LogP contribution < -0.4 is 10.6 Å². The van der Waals surface area contributed by atoms with Gasteiger partial charge in [0.1, 0.15) is 11.9 Å². The van der Waals surface area contributed by atoms with Gasteiger partial charge >= 0.3 is 0 Å². The quantitative estimate of drug-likeness (QED) is 0.572. The van der Waals surface area contributed by atoms with E-state index in [4.69, 9.17) is 16.6 Å². The van der Waals surface area contributed by atoms with Crippen LogP contribution in [0.3, 0.4) is 0 Å². The Hall–Kier alpha value is -2.43. The van der Waals surface area contributed by atoms with Crippen LogP contribution in [-0.2, 0) is 0 Å². The third-order valence-corrected chi connectivity index (χ3v) is 8.59. The second kappa shape index (κ2) is 10.1. The second-order valence-corrected chi connectivity index (χ2v) is 11.7. The van der Waals surface area contributed by atoms with Gasteiger partial charge in [0.25, 0.3) is 11.8 Å². The van der Waals surface area contributed by atoms with Crippen molar-refractivity contribution in [3.05, 3.63) is 69.9 Å². The maximum Gasteiger partial charge on any atom is 0.254 e. The normalized spacial score (nSPS) is 20.9. The number of nitrogens with one attached hydrogen (secondary N) is 2. The van der Waals surface area contributed by atoms with Gasteiger partial charge in [-0.25, -0.2) is 0 Å². The zero-order valence-corrected chi connectivity index (χ0v) is 21.9. The molecule has 1 aromatic carbocycles. The number of amidine groups is 1. The number of rotatable bonds is 6. The first kappa shape index (κ1) is 24.7. The molecule has 8 heteroatoms. The highest BCUT2D eigenvalue weighted by atomic mass is 35.5. The Morgan fingerprint density at radius 1 is 1.26 bits per heavy atom. The molecule has 3 aliphatic rings. The first-order chi connectivity index (χ1) is 16.2. The number of fused-ring (bicyclic) bond motifs is 1. The highest BCUT2D eigenvalue weighted by Crippen LogP contribution is 2.34. The van der Waals surface area contributed by atoms with Crippen LogP contribution in [0.15, 0.2) is 58.2 Å². The number of carbonyl (C=O) groups is 2.